The predicted molar refractivity (Wildman–Crippen MR) is 63.4 cm³/mol. The number of aryl methyl sites for hydroxylation is 1. The quantitative estimate of drug-likeness (QED) is 0.868. The number of carboxylic acids is 1. The Morgan fingerprint density at radius 2 is 2.32 bits per heavy atom. The average Bonchev–Trinajstić information content (AvgIpc) is 2.93. The molecule has 0 unspecified atom stereocenters. The van der Waals surface area contributed by atoms with Crippen molar-refractivity contribution in [2.24, 2.45) is 7.05 Å². The molecule has 0 atom stereocenters. The summed E-state index contributed by atoms with van der Waals surface area (Å²) in [6.45, 7) is 2.00. The molecule has 0 spiro atoms. The van der Waals surface area contributed by atoms with E-state index in [0.717, 1.165) is 0 Å². The van der Waals surface area contributed by atoms with Crippen LogP contribution in [0.4, 0.5) is 0 Å². The van der Waals surface area contributed by atoms with Gasteiger partial charge in [-0.25, -0.2) is 9.48 Å². The van der Waals surface area contributed by atoms with E-state index in [0.29, 0.717) is 11.6 Å². The zero-order chi connectivity index (χ0) is 14.0. The number of carboxylic acid groups (broad SMARTS) is 1. The molecule has 19 heavy (non-hydrogen) atoms. The molecule has 2 heterocycles. The number of rotatable bonds is 5. The molecule has 0 bridgehead atoms. The molecule has 0 fully saturated rings. The van der Waals surface area contributed by atoms with Gasteiger partial charge >= 0.3 is 11.9 Å². The molecule has 1 N–H and O–H groups in total. The van der Waals surface area contributed by atoms with E-state index in [1.165, 1.54) is 11.8 Å². The van der Waals surface area contributed by atoms with Crippen molar-refractivity contribution < 1.29 is 23.8 Å². The maximum atomic E-state index is 11.0. The molecule has 2 rings (SSSR count). The molecule has 0 aliphatic rings. The molecule has 0 aliphatic heterocycles. The molecule has 0 saturated carbocycles. The largest absolute Gasteiger partial charge is 0.481 e. The van der Waals surface area contributed by atoms with Gasteiger partial charge in [-0.05, 0) is 6.92 Å². The van der Waals surface area contributed by atoms with Crippen molar-refractivity contribution >= 4 is 5.97 Å². The lowest BCUT2D eigenvalue weighted by atomic mass is 10.4. The Morgan fingerprint density at radius 3 is 2.84 bits per heavy atom. The lowest BCUT2D eigenvalue weighted by Gasteiger charge is -1.96. The Kier molecular flexibility index (Phi) is 3.41. The number of aromatic carboxylic acids is 1. The molecule has 0 radical (unpaired) electrons. The molecule has 0 amide bonds. The number of hydrogen-bond acceptors (Lipinski definition) is 6. The number of nitrogens with zero attached hydrogens (tertiary/aromatic N) is 3. The molecule has 0 aliphatic carbocycles. The van der Waals surface area contributed by atoms with E-state index in [1.807, 2.05) is 0 Å². The minimum absolute atomic E-state index is 0.0692. The minimum Gasteiger partial charge on any atom is -0.481 e. The SMILES string of the molecule is CCOc1oc(-c2cc(OC)n(C)n2)nc1C(=O)O. The summed E-state index contributed by atoms with van der Waals surface area (Å²) >= 11 is 0. The summed E-state index contributed by atoms with van der Waals surface area (Å²) in [5.41, 5.74) is 0.0919. The molecule has 102 valence electrons. The topological polar surface area (TPSA) is 99.6 Å². The van der Waals surface area contributed by atoms with Crippen LogP contribution in [-0.4, -0.2) is 39.6 Å². The van der Waals surface area contributed by atoms with Gasteiger partial charge in [-0.15, -0.1) is 0 Å². The maximum Gasteiger partial charge on any atom is 0.362 e. The van der Waals surface area contributed by atoms with Gasteiger partial charge in [0.15, 0.2) is 5.69 Å². The van der Waals surface area contributed by atoms with Crippen molar-refractivity contribution in [1.29, 1.82) is 0 Å². The Bertz CT molecular complexity index is 601. The van der Waals surface area contributed by atoms with Gasteiger partial charge in [0.2, 0.25) is 11.6 Å². The number of carbonyl (C=O) groups is 1. The lowest BCUT2D eigenvalue weighted by Crippen LogP contribution is -2.01. The van der Waals surface area contributed by atoms with Gasteiger partial charge < -0.3 is 19.0 Å². The van der Waals surface area contributed by atoms with Gasteiger partial charge in [0.1, 0.15) is 0 Å². The van der Waals surface area contributed by atoms with Gasteiger partial charge in [-0.1, -0.05) is 0 Å². The number of oxazole rings is 1. The third-order valence-electron chi connectivity index (χ3n) is 2.34. The van der Waals surface area contributed by atoms with Gasteiger partial charge in [0.05, 0.1) is 13.7 Å². The Hall–Kier alpha value is -2.51. The standard InChI is InChI=1S/C11H13N3O5/c1-4-18-11-8(10(15)16)12-9(19-11)6-5-7(17-3)14(2)13-6/h5H,4H2,1-3H3,(H,15,16). The number of hydrogen-bond donors (Lipinski definition) is 1. The van der Waals surface area contributed by atoms with Crippen LogP contribution >= 0.6 is 0 Å². The second kappa shape index (κ2) is 5.01. The van der Waals surface area contributed by atoms with Crippen LogP contribution in [0, 0.1) is 0 Å². The first-order valence-corrected chi connectivity index (χ1v) is 5.52. The molecule has 0 aromatic carbocycles. The Balaban J connectivity index is 2.44. The van der Waals surface area contributed by atoms with Crippen LogP contribution in [0.1, 0.15) is 17.4 Å². The highest BCUT2D eigenvalue weighted by Gasteiger charge is 2.23. The Morgan fingerprint density at radius 1 is 1.58 bits per heavy atom. The van der Waals surface area contributed by atoms with E-state index in [2.05, 4.69) is 10.1 Å². The van der Waals surface area contributed by atoms with Crippen molar-refractivity contribution in [3.05, 3.63) is 11.8 Å². The smallest absolute Gasteiger partial charge is 0.362 e. The second-order valence-corrected chi connectivity index (χ2v) is 3.59. The van der Waals surface area contributed by atoms with Crippen LogP contribution in [0.3, 0.4) is 0 Å². The first-order chi connectivity index (χ1) is 9.06. The molecule has 2 aromatic heterocycles. The summed E-state index contributed by atoms with van der Waals surface area (Å²) in [6.07, 6.45) is 0. The highest BCUT2D eigenvalue weighted by Crippen LogP contribution is 2.28. The summed E-state index contributed by atoms with van der Waals surface area (Å²) in [5, 5.41) is 13.1. The fourth-order valence-corrected chi connectivity index (χ4v) is 1.53. The molecule has 8 heteroatoms. The number of methoxy groups -OCH3 is 1. The highest BCUT2D eigenvalue weighted by atomic mass is 16.6. The van der Waals surface area contributed by atoms with Gasteiger partial charge in [0, 0.05) is 13.1 Å². The van der Waals surface area contributed by atoms with Crippen molar-refractivity contribution in [1.82, 2.24) is 14.8 Å². The maximum absolute atomic E-state index is 11.0. The monoisotopic (exact) mass is 267 g/mol. The second-order valence-electron chi connectivity index (χ2n) is 3.59. The van der Waals surface area contributed by atoms with E-state index >= 15 is 0 Å². The third kappa shape index (κ3) is 2.37. The summed E-state index contributed by atoms with van der Waals surface area (Å²) in [5.74, 6) is -0.779. The predicted octanol–water partition coefficient (Wildman–Crippen LogP) is 1.18. The van der Waals surface area contributed by atoms with Gasteiger partial charge in [-0.3, -0.25) is 0 Å². The fraction of sp³-hybridized carbons (Fsp3) is 0.364. The zero-order valence-corrected chi connectivity index (χ0v) is 10.7. The van der Waals surface area contributed by atoms with Crippen LogP contribution < -0.4 is 9.47 Å². The summed E-state index contributed by atoms with van der Waals surface area (Å²) < 4.78 is 16.9. The van der Waals surface area contributed by atoms with E-state index in [-0.39, 0.29) is 24.1 Å². The lowest BCUT2D eigenvalue weighted by molar-refractivity contribution is 0.0683. The van der Waals surface area contributed by atoms with Crippen LogP contribution in [0.15, 0.2) is 10.5 Å². The Labute approximate surface area is 108 Å². The molecular weight excluding hydrogens is 254 g/mol. The minimum atomic E-state index is -1.22. The van der Waals surface area contributed by atoms with E-state index in [4.69, 9.17) is 19.0 Å². The van der Waals surface area contributed by atoms with Crippen LogP contribution in [0.5, 0.6) is 11.8 Å². The van der Waals surface area contributed by atoms with Crippen LogP contribution in [-0.2, 0) is 7.05 Å². The average molecular weight is 267 g/mol. The molecule has 2 aromatic rings. The third-order valence-corrected chi connectivity index (χ3v) is 2.34. The number of aromatic nitrogens is 3. The van der Waals surface area contributed by atoms with Crippen LogP contribution in [0.2, 0.25) is 0 Å². The summed E-state index contributed by atoms with van der Waals surface area (Å²) in [4.78, 5) is 14.9. The van der Waals surface area contributed by atoms with Crippen molar-refractivity contribution in [2.45, 2.75) is 6.92 Å². The van der Waals surface area contributed by atoms with Crippen molar-refractivity contribution in [3.8, 4) is 23.4 Å². The van der Waals surface area contributed by atoms with Crippen LogP contribution in [0.25, 0.3) is 11.6 Å². The van der Waals surface area contributed by atoms with E-state index < -0.39 is 5.97 Å². The van der Waals surface area contributed by atoms with Crippen molar-refractivity contribution in [2.75, 3.05) is 13.7 Å². The van der Waals surface area contributed by atoms with Gasteiger partial charge in [0.25, 0.3) is 5.89 Å². The summed E-state index contributed by atoms with van der Waals surface area (Å²) in [6, 6.07) is 1.59. The zero-order valence-electron chi connectivity index (χ0n) is 10.7. The van der Waals surface area contributed by atoms with E-state index in [1.54, 1.807) is 20.0 Å². The van der Waals surface area contributed by atoms with Gasteiger partial charge in [-0.2, -0.15) is 10.1 Å². The molecule has 8 nitrogen and oxygen atoms in total. The summed E-state index contributed by atoms with van der Waals surface area (Å²) in [7, 11) is 3.19. The van der Waals surface area contributed by atoms with E-state index in [9.17, 15) is 4.79 Å². The first kappa shape index (κ1) is 12.9. The van der Waals surface area contributed by atoms with Crippen molar-refractivity contribution in [3.63, 3.8) is 0 Å². The normalized spacial score (nSPS) is 10.5. The molecule has 0 saturated heterocycles. The molecular formula is C11H13N3O5. The first-order valence-electron chi connectivity index (χ1n) is 5.52. The fourth-order valence-electron chi connectivity index (χ4n) is 1.53. The number of ether oxygens (including phenoxy) is 2. The highest BCUT2D eigenvalue weighted by molar-refractivity contribution is 5.88.